The molecular weight excluding hydrogens is 595 g/mol. The van der Waals surface area contributed by atoms with Gasteiger partial charge in [-0.15, -0.1) is 65.2 Å². The SMILES string of the molecule is CC1(C)c2c[c-]c(-c3ccccn3)cc2-c2cccnc21.[Ir].[c-]1ccccc1-c1ccccn1. The van der Waals surface area contributed by atoms with Crippen molar-refractivity contribution >= 4 is 0 Å². The van der Waals surface area contributed by atoms with E-state index in [2.05, 4.69) is 59.1 Å². The third-order valence-electron chi connectivity index (χ3n) is 5.90. The summed E-state index contributed by atoms with van der Waals surface area (Å²) in [5.41, 5.74) is 8.84. The van der Waals surface area contributed by atoms with Crippen LogP contribution in [0.2, 0.25) is 0 Å². The number of nitrogens with zero attached hydrogens (tertiary/aromatic N) is 3. The van der Waals surface area contributed by atoms with Gasteiger partial charge in [0.2, 0.25) is 0 Å². The van der Waals surface area contributed by atoms with Gasteiger partial charge in [0.25, 0.3) is 0 Å². The largest absolute Gasteiger partial charge is 0.305 e. The van der Waals surface area contributed by atoms with Crippen molar-refractivity contribution in [2.45, 2.75) is 19.3 Å². The van der Waals surface area contributed by atoms with Crippen molar-refractivity contribution in [2.75, 3.05) is 0 Å². The number of hydrogen-bond donors (Lipinski definition) is 0. The van der Waals surface area contributed by atoms with Crippen molar-refractivity contribution in [3.05, 3.63) is 127 Å². The molecule has 1 aliphatic rings. The third kappa shape index (κ3) is 4.61. The maximum absolute atomic E-state index is 4.60. The van der Waals surface area contributed by atoms with Gasteiger partial charge in [-0.3, -0.25) is 4.98 Å². The van der Waals surface area contributed by atoms with Crippen LogP contribution in [0.15, 0.2) is 104 Å². The number of aromatic nitrogens is 3. The van der Waals surface area contributed by atoms with Crippen molar-refractivity contribution in [3.8, 4) is 33.6 Å². The van der Waals surface area contributed by atoms with E-state index >= 15 is 0 Å². The molecule has 3 nitrogen and oxygen atoms in total. The number of fused-ring (bicyclic) bond motifs is 3. The molecule has 2 aromatic carbocycles. The first-order valence-electron chi connectivity index (χ1n) is 11.0. The first-order valence-corrected chi connectivity index (χ1v) is 11.0. The third-order valence-corrected chi connectivity index (χ3v) is 5.90. The molecule has 169 valence electrons. The number of rotatable bonds is 2. The van der Waals surface area contributed by atoms with Gasteiger partial charge in [0, 0.05) is 44.4 Å². The molecule has 1 aliphatic carbocycles. The van der Waals surface area contributed by atoms with Crippen LogP contribution in [0.25, 0.3) is 33.6 Å². The topological polar surface area (TPSA) is 38.7 Å². The first kappa shape index (κ1) is 23.7. The summed E-state index contributed by atoms with van der Waals surface area (Å²) in [5.74, 6) is 0. The Morgan fingerprint density at radius 2 is 1.32 bits per heavy atom. The van der Waals surface area contributed by atoms with E-state index in [1.165, 1.54) is 16.7 Å². The van der Waals surface area contributed by atoms with Crippen LogP contribution in [-0.4, -0.2) is 15.0 Å². The van der Waals surface area contributed by atoms with E-state index in [0.29, 0.717) is 0 Å². The van der Waals surface area contributed by atoms with E-state index in [0.717, 1.165) is 28.2 Å². The van der Waals surface area contributed by atoms with Crippen molar-refractivity contribution in [1.82, 2.24) is 15.0 Å². The van der Waals surface area contributed by atoms with Crippen LogP contribution in [0.3, 0.4) is 0 Å². The van der Waals surface area contributed by atoms with Gasteiger partial charge in [0.05, 0.1) is 0 Å². The Kier molecular flexibility index (Phi) is 7.11. The fourth-order valence-corrected chi connectivity index (χ4v) is 4.22. The van der Waals surface area contributed by atoms with Gasteiger partial charge in [-0.1, -0.05) is 49.7 Å². The Balaban J connectivity index is 0.000000180. The molecule has 0 spiro atoms. The monoisotopic (exact) mass is 618 g/mol. The Morgan fingerprint density at radius 1 is 0.647 bits per heavy atom. The Hall–Kier alpha value is -3.46. The minimum absolute atomic E-state index is 0. The smallest absolute Gasteiger partial charge is 0.0478 e. The summed E-state index contributed by atoms with van der Waals surface area (Å²) in [6.07, 6.45) is 5.47. The molecule has 0 saturated heterocycles. The Morgan fingerprint density at radius 3 is 1.97 bits per heavy atom. The van der Waals surface area contributed by atoms with Crippen molar-refractivity contribution in [3.63, 3.8) is 0 Å². The molecule has 0 N–H and O–H groups in total. The molecule has 0 unspecified atom stereocenters. The zero-order chi connectivity index (χ0) is 22.7. The molecule has 0 bridgehead atoms. The predicted molar refractivity (Wildman–Crippen MR) is 132 cm³/mol. The maximum Gasteiger partial charge on any atom is 0.0478 e. The fraction of sp³-hybridized carbons (Fsp3) is 0.100. The molecular formula is C30H23IrN3-2. The van der Waals surface area contributed by atoms with Gasteiger partial charge in [-0.2, -0.15) is 0 Å². The molecule has 0 fully saturated rings. The number of hydrogen-bond acceptors (Lipinski definition) is 3. The summed E-state index contributed by atoms with van der Waals surface area (Å²) in [5, 5.41) is 0. The second kappa shape index (κ2) is 10.2. The van der Waals surface area contributed by atoms with Gasteiger partial charge in [0.15, 0.2) is 0 Å². The van der Waals surface area contributed by atoms with Crippen LogP contribution >= 0.6 is 0 Å². The molecule has 0 atom stereocenters. The van der Waals surface area contributed by atoms with Gasteiger partial charge in [-0.05, 0) is 40.6 Å². The molecule has 6 rings (SSSR count). The summed E-state index contributed by atoms with van der Waals surface area (Å²) >= 11 is 0. The summed E-state index contributed by atoms with van der Waals surface area (Å²) in [7, 11) is 0. The number of pyridine rings is 3. The van der Waals surface area contributed by atoms with E-state index in [1.807, 2.05) is 79.1 Å². The quantitative estimate of drug-likeness (QED) is 0.205. The minimum atomic E-state index is -0.0644. The first-order chi connectivity index (χ1) is 16.1. The number of benzene rings is 2. The van der Waals surface area contributed by atoms with Gasteiger partial charge in [-0.25, -0.2) is 0 Å². The van der Waals surface area contributed by atoms with Crippen LogP contribution < -0.4 is 0 Å². The van der Waals surface area contributed by atoms with Crippen molar-refractivity contribution < 1.29 is 20.1 Å². The molecule has 4 heteroatoms. The average molecular weight is 618 g/mol. The van der Waals surface area contributed by atoms with E-state index < -0.39 is 0 Å². The van der Waals surface area contributed by atoms with Crippen molar-refractivity contribution in [2.24, 2.45) is 0 Å². The normalized spacial score (nSPS) is 12.4. The van der Waals surface area contributed by atoms with E-state index in [4.69, 9.17) is 0 Å². The van der Waals surface area contributed by atoms with Crippen LogP contribution in [0.5, 0.6) is 0 Å². The molecule has 0 amide bonds. The molecule has 3 heterocycles. The summed E-state index contributed by atoms with van der Waals surface area (Å²) in [6.45, 7) is 4.44. The minimum Gasteiger partial charge on any atom is -0.305 e. The molecule has 5 aromatic rings. The van der Waals surface area contributed by atoms with Crippen LogP contribution in [0.4, 0.5) is 0 Å². The standard InChI is InChI=1S/C19H15N2.C11H8N.Ir/c1-19(2)16-9-8-13(17-7-3-4-10-20-17)12-15(16)14-6-5-11-21-18(14)19;1-2-6-10(7-3-1)11-8-4-5-9-12-11;/h3-7,9-12H,1-2H3;1-6,8-9H;/q2*-1;. The van der Waals surface area contributed by atoms with Gasteiger partial charge >= 0.3 is 0 Å². The van der Waals surface area contributed by atoms with Gasteiger partial charge in [0.1, 0.15) is 0 Å². The molecule has 34 heavy (non-hydrogen) atoms. The summed E-state index contributed by atoms with van der Waals surface area (Å²) < 4.78 is 0. The second-order valence-electron chi connectivity index (χ2n) is 8.40. The van der Waals surface area contributed by atoms with E-state index in [9.17, 15) is 0 Å². The van der Waals surface area contributed by atoms with Gasteiger partial charge < -0.3 is 9.97 Å². The summed E-state index contributed by atoms with van der Waals surface area (Å²) in [4.78, 5) is 13.2. The Bertz CT molecular complexity index is 1330. The second-order valence-corrected chi connectivity index (χ2v) is 8.40. The van der Waals surface area contributed by atoms with E-state index in [1.54, 1.807) is 6.20 Å². The fourth-order valence-electron chi connectivity index (χ4n) is 4.22. The predicted octanol–water partition coefficient (Wildman–Crippen LogP) is 6.80. The summed E-state index contributed by atoms with van der Waals surface area (Å²) in [6, 6.07) is 34.6. The zero-order valence-corrected chi connectivity index (χ0v) is 21.4. The van der Waals surface area contributed by atoms with Crippen molar-refractivity contribution in [1.29, 1.82) is 0 Å². The zero-order valence-electron chi connectivity index (χ0n) is 19.0. The van der Waals surface area contributed by atoms with Crippen LogP contribution in [0, 0.1) is 12.1 Å². The van der Waals surface area contributed by atoms with Crippen LogP contribution in [-0.2, 0) is 25.5 Å². The molecule has 0 aliphatic heterocycles. The maximum atomic E-state index is 4.60. The Labute approximate surface area is 214 Å². The molecule has 1 radical (unpaired) electrons. The average Bonchev–Trinajstić information content (AvgIpc) is 3.12. The molecule has 0 saturated carbocycles. The molecule has 3 aromatic heterocycles. The van der Waals surface area contributed by atoms with E-state index in [-0.39, 0.29) is 25.5 Å². The van der Waals surface area contributed by atoms with Crippen LogP contribution in [0.1, 0.15) is 25.1 Å².